The normalized spacial score (nSPS) is 11.3. The highest BCUT2D eigenvalue weighted by atomic mass is 14.0. The van der Waals surface area contributed by atoms with E-state index in [1.54, 1.807) is 0 Å². The summed E-state index contributed by atoms with van der Waals surface area (Å²) in [4.78, 5) is 0. The summed E-state index contributed by atoms with van der Waals surface area (Å²) in [6.45, 7) is 6.11. The largest absolute Gasteiger partial charge is 0.0885 e. The van der Waals surface area contributed by atoms with E-state index in [2.05, 4.69) is 26.0 Å². The van der Waals surface area contributed by atoms with Crippen LogP contribution in [0.3, 0.4) is 0 Å². The molecular formula is C15H29. The molecule has 15 heavy (non-hydrogen) atoms. The van der Waals surface area contributed by atoms with Crippen molar-refractivity contribution in [3.8, 4) is 0 Å². The van der Waals surface area contributed by atoms with Gasteiger partial charge in [-0.2, -0.15) is 0 Å². The lowest BCUT2D eigenvalue weighted by molar-refractivity contribution is 0.592. The van der Waals surface area contributed by atoms with Crippen LogP contribution in [0, 0.1) is 6.92 Å². The minimum Gasteiger partial charge on any atom is -0.0885 e. The molecule has 1 radical (unpaired) electrons. The van der Waals surface area contributed by atoms with Gasteiger partial charge in [-0.05, 0) is 25.7 Å². The molecule has 0 heteroatoms. The number of hydrogen-bond donors (Lipinski definition) is 0. The third-order valence-corrected chi connectivity index (χ3v) is 2.76. The Morgan fingerprint density at radius 1 is 0.733 bits per heavy atom. The van der Waals surface area contributed by atoms with Gasteiger partial charge in [-0.1, -0.05) is 70.9 Å². The average molecular weight is 209 g/mol. The van der Waals surface area contributed by atoms with Crippen molar-refractivity contribution >= 4 is 0 Å². The van der Waals surface area contributed by atoms with Crippen molar-refractivity contribution in [1.82, 2.24) is 0 Å². The van der Waals surface area contributed by atoms with E-state index in [0.717, 1.165) is 6.42 Å². The Morgan fingerprint density at radius 3 is 1.87 bits per heavy atom. The molecule has 0 amide bonds. The summed E-state index contributed by atoms with van der Waals surface area (Å²) in [6, 6.07) is 0. The molecule has 0 nitrogen and oxygen atoms in total. The summed E-state index contributed by atoms with van der Waals surface area (Å²) in [7, 11) is 0. The van der Waals surface area contributed by atoms with Crippen molar-refractivity contribution in [2.45, 2.75) is 77.6 Å². The van der Waals surface area contributed by atoms with Gasteiger partial charge in [0.05, 0.1) is 0 Å². The molecule has 0 aliphatic heterocycles. The molecule has 0 unspecified atom stereocenters. The molecule has 0 saturated carbocycles. The first kappa shape index (κ1) is 14.7. The fourth-order valence-corrected chi connectivity index (χ4v) is 1.72. The summed E-state index contributed by atoms with van der Waals surface area (Å²) < 4.78 is 0. The van der Waals surface area contributed by atoms with E-state index in [1.165, 1.54) is 64.2 Å². The van der Waals surface area contributed by atoms with Crippen molar-refractivity contribution < 1.29 is 0 Å². The van der Waals surface area contributed by atoms with Gasteiger partial charge >= 0.3 is 0 Å². The molecule has 0 aliphatic carbocycles. The Hall–Kier alpha value is -0.260. The third-order valence-electron chi connectivity index (χ3n) is 2.76. The molecule has 0 fully saturated rings. The fourth-order valence-electron chi connectivity index (χ4n) is 1.72. The SMILES string of the molecule is [CH2]CCC/C=C\CCCCCCCCC. The van der Waals surface area contributed by atoms with Crippen molar-refractivity contribution in [3.63, 3.8) is 0 Å². The van der Waals surface area contributed by atoms with Crippen molar-refractivity contribution in [2.75, 3.05) is 0 Å². The van der Waals surface area contributed by atoms with Crippen LogP contribution < -0.4 is 0 Å². The number of hydrogen-bond acceptors (Lipinski definition) is 0. The van der Waals surface area contributed by atoms with Gasteiger partial charge < -0.3 is 0 Å². The zero-order valence-corrected chi connectivity index (χ0v) is 10.6. The molecule has 0 spiro atoms. The molecule has 0 N–H and O–H groups in total. The maximum Gasteiger partial charge on any atom is -0.0351 e. The zero-order valence-electron chi connectivity index (χ0n) is 10.6. The molecule has 0 aromatic heterocycles. The van der Waals surface area contributed by atoms with Gasteiger partial charge in [-0.3, -0.25) is 0 Å². The van der Waals surface area contributed by atoms with E-state index >= 15 is 0 Å². The minimum absolute atomic E-state index is 1.07. The van der Waals surface area contributed by atoms with E-state index in [9.17, 15) is 0 Å². The molecule has 0 aromatic carbocycles. The van der Waals surface area contributed by atoms with Crippen molar-refractivity contribution in [2.24, 2.45) is 0 Å². The molecule has 0 aliphatic rings. The molecule has 0 aromatic rings. The van der Waals surface area contributed by atoms with E-state index in [-0.39, 0.29) is 0 Å². The Labute approximate surface area is 97.2 Å². The average Bonchev–Trinajstić information content (AvgIpc) is 2.26. The number of rotatable bonds is 11. The summed E-state index contributed by atoms with van der Waals surface area (Å²) in [5, 5.41) is 0. The van der Waals surface area contributed by atoms with Gasteiger partial charge in [-0.15, -0.1) is 0 Å². The lowest BCUT2D eigenvalue weighted by Crippen LogP contribution is -1.78. The monoisotopic (exact) mass is 209 g/mol. The van der Waals surface area contributed by atoms with Gasteiger partial charge in [0.2, 0.25) is 0 Å². The summed E-state index contributed by atoms with van der Waals surface area (Å²) in [6.07, 6.45) is 19.4. The topological polar surface area (TPSA) is 0 Å². The predicted octanol–water partition coefficient (Wildman–Crippen LogP) is 5.69. The predicted molar refractivity (Wildman–Crippen MR) is 71.0 cm³/mol. The first-order valence-electron chi connectivity index (χ1n) is 6.86. The van der Waals surface area contributed by atoms with Gasteiger partial charge in [0.25, 0.3) is 0 Å². The Bertz CT molecular complexity index is 124. The van der Waals surface area contributed by atoms with Crippen LogP contribution in [0.5, 0.6) is 0 Å². The van der Waals surface area contributed by atoms with Crippen LogP contribution in [0.15, 0.2) is 12.2 Å². The van der Waals surface area contributed by atoms with E-state index in [4.69, 9.17) is 0 Å². The number of allylic oxidation sites excluding steroid dienone is 2. The maximum atomic E-state index is 3.83. The van der Waals surface area contributed by atoms with Crippen LogP contribution in [0.1, 0.15) is 77.6 Å². The second-order valence-corrected chi connectivity index (χ2v) is 4.38. The third kappa shape index (κ3) is 13.7. The van der Waals surface area contributed by atoms with Crippen LogP contribution in [-0.4, -0.2) is 0 Å². The van der Waals surface area contributed by atoms with Crippen LogP contribution in [-0.2, 0) is 0 Å². The summed E-state index contributed by atoms with van der Waals surface area (Å²) in [5.74, 6) is 0. The fraction of sp³-hybridized carbons (Fsp3) is 0.800. The van der Waals surface area contributed by atoms with Gasteiger partial charge in [0.15, 0.2) is 0 Å². The van der Waals surface area contributed by atoms with Gasteiger partial charge in [0, 0.05) is 0 Å². The molecular weight excluding hydrogens is 180 g/mol. The maximum absolute atomic E-state index is 3.83. The van der Waals surface area contributed by atoms with Crippen LogP contribution in [0.2, 0.25) is 0 Å². The first-order valence-corrected chi connectivity index (χ1v) is 6.86. The molecule has 89 valence electrons. The highest BCUT2D eigenvalue weighted by Crippen LogP contribution is 2.08. The lowest BCUT2D eigenvalue weighted by atomic mass is 10.1. The second kappa shape index (κ2) is 13.7. The van der Waals surface area contributed by atoms with E-state index < -0.39 is 0 Å². The smallest absolute Gasteiger partial charge is 0.0351 e. The van der Waals surface area contributed by atoms with Gasteiger partial charge in [0.1, 0.15) is 0 Å². The molecule has 0 saturated heterocycles. The second-order valence-electron chi connectivity index (χ2n) is 4.38. The highest BCUT2D eigenvalue weighted by Gasteiger charge is 1.89. The molecule has 0 bridgehead atoms. The van der Waals surface area contributed by atoms with Gasteiger partial charge in [-0.25, -0.2) is 0 Å². The lowest BCUT2D eigenvalue weighted by Gasteiger charge is -1.98. The molecule has 0 heterocycles. The summed E-state index contributed by atoms with van der Waals surface area (Å²) in [5.41, 5.74) is 0. The van der Waals surface area contributed by atoms with Crippen molar-refractivity contribution in [3.05, 3.63) is 19.1 Å². The first-order chi connectivity index (χ1) is 7.41. The van der Waals surface area contributed by atoms with Crippen LogP contribution in [0.25, 0.3) is 0 Å². The minimum atomic E-state index is 1.07. The standard InChI is InChI=1S/C15H29/c1-3-5-7-9-11-13-15-14-12-10-8-6-4-2/h9,11H,1,3-8,10,12-15H2,2H3/b11-9-. The van der Waals surface area contributed by atoms with E-state index in [0.29, 0.717) is 0 Å². The Morgan fingerprint density at radius 2 is 1.27 bits per heavy atom. The van der Waals surface area contributed by atoms with Crippen LogP contribution in [0.4, 0.5) is 0 Å². The Kier molecular flexibility index (Phi) is 13.5. The Balaban J connectivity index is 2.95. The quantitative estimate of drug-likeness (QED) is 0.303. The number of unbranched alkanes of at least 4 members (excludes halogenated alkanes) is 9. The highest BCUT2D eigenvalue weighted by molar-refractivity contribution is 4.81. The van der Waals surface area contributed by atoms with Crippen LogP contribution >= 0.6 is 0 Å². The van der Waals surface area contributed by atoms with E-state index in [1.807, 2.05) is 0 Å². The zero-order chi connectivity index (χ0) is 11.2. The molecule has 0 atom stereocenters. The molecule has 0 rings (SSSR count). The van der Waals surface area contributed by atoms with Crippen molar-refractivity contribution in [1.29, 1.82) is 0 Å². The summed E-state index contributed by atoms with van der Waals surface area (Å²) >= 11 is 0.